The first-order valence-corrected chi connectivity index (χ1v) is 7.56. The van der Waals surface area contributed by atoms with E-state index in [2.05, 4.69) is 54.7 Å². The van der Waals surface area contributed by atoms with E-state index in [0.29, 0.717) is 6.04 Å². The Morgan fingerprint density at radius 1 is 1.43 bits per heavy atom. The first kappa shape index (κ1) is 18.2. The molecule has 0 aliphatic carbocycles. The second kappa shape index (κ2) is 7.43. The van der Waals surface area contributed by atoms with Crippen molar-refractivity contribution in [3.63, 3.8) is 0 Å². The van der Waals surface area contributed by atoms with Gasteiger partial charge in [-0.05, 0) is 30.4 Å². The molecule has 0 aromatic carbocycles. The number of hydrogen-bond donors (Lipinski definition) is 1. The number of nitrogens with zero attached hydrogens (tertiary/aromatic N) is 3. The van der Waals surface area contributed by atoms with E-state index in [9.17, 15) is 0 Å². The van der Waals surface area contributed by atoms with Crippen LogP contribution in [0.15, 0.2) is 18.3 Å². The van der Waals surface area contributed by atoms with Crippen LogP contribution < -0.4 is 10.6 Å². The van der Waals surface area contributed by atoms with Gasteiger partial charge in [0.05, 0.1) is 0 Å². The standard InChI is InChI=1S/C16H28N4.ClH/c1-5-19(4)15-7-6-13(10-18-15)11-20-9-8-14(17)16(2,3)12-20;/h6-7,10,14H,5,8-9,11-12,17H2,1-4H3;1H. The van der Waals surface area contributed by atoms with E-state index in [1.54, 1.807) is 0 Å². The number of halogens is 1. The lowest BCUT2D eigenvalue weighted by atomic mass is 9.79. The first-order valence-electron chi connectivity index (χ1n) is 7.56. The molecule has 0 spiro atoms. The molecule has 0 bridgehead atoms. The minimum Gasteiger partial charge on any atom is -0.360 e. The Bertz CT molecular complexity index is 432. The number of anilines is 1. The summed E-state index contributed by atoms with van der Waals surface area (Å²) in [5.74, 6) is 1.04. The summed E-state index contributed by atoms with van der Waals surface area (Å²) >= 11 is 0. The normalized spacial score (nSPS) is 21.7. The number of hydrogen-bond acceptors (Lipinski definition) is 4. The van der Waals surface area contributed by atoms with Crippen molar-refractivity contribution in [1.29, 1.82) is 0 Å². The minimum absolute atomic E-state index is 0. The van der Waals surface area contributed by atoms with Gasteiger partial charge in [-0.1, -0.05) is 19.9 Å². The molecule has 2 N–H and O–H groups in total. The van der Waals surface area contributed by atoms with Crippen molar-refractivity contribution in [2.75, 3.05) is 31.6 Å². The number of nitrogens with two attached hydrogens (primary N) is 1. The Morgan fingerprint density at radius 3 is 2.67 bits per heavy atom. The predicted octanol–water partition coefficient (Wildman–Crippen LogP) is 2.52. The van der Waals surface area contributed by atoms with Crippen LogP contribution in [0, 0.1) is 5.41 Å². The third-order valence-corrected chi connectivity index (χ3v) is 4.47. The van der Waals surface area contributed by atoms with Crippen LogP contribution in [0.2, 0.25) is 0 Å². The summed E-state index contributed by atoms with van der Waals surface area (Å²) in [6, 6.07) is 4.62. The zero-order valence-electron chi connectivity index (χ0n) is 13.7. The Balaban J connectivity index is 0.00000220. The highest BCUT2D eigenvalue weighted by Crippen LogP contribution is 2.28. The van der Waals surface area contributed by atoms with E-state index in [-0.39, 0.29) is 17.8 Å². The van der Waals surface area contributed by atoms with Crippen molar-refractivity contribution in [2.45, 2.75) is 39.8 Å². The van der Waals surface area contributed by atoms with Crippen molar-refractivity contribution < 1.29 is 0 Å². The molecule has 1 aromatic heterocycles. The van der Waals surface area contributed by atoms with Crippen molar-refractivity contribution in [3.05, 3.63) is 23.9 Å². The molecule has 1 aliphatic rings. The molecule has 120 valence electrons. The molecule has 21 heavy (non-hydrogen) atoms. The van der Waals surface area contributed by atoms with E-state index < -0.39 is 0 Å². The van der Waals surface area contributed by atoms with Crippen molar-refractivity contribution >= 4 is 18.2 Å². The number of piperidine rings is 1. The molecule has 1 aromatic rings. The Hall–Kier alpha value is -0.840. The van der Waals surface area contributed by atoms with Crippen LogP contribution in [-0.4, -0.2) is 42.6 Å². The van der Waals surface area contributed by atoms with Crippen molar-refractivity contribution in [2.24, 2.45) is 11.1 Å². The van der Waals surface area contributed by atoms with Crippen molar-refractivity contribution in [3.8, 4) is 0 Å². The summed E-state index contributed by atoms with van der Waals surface area (Å²) < 4.78 is 0. The van der Waals surface area contributed by atoms with E-state index in [0.717, 1.165) is 38.4 Å². The van der Waals surface area contributed by atoms with Gasteiger partial charge in [-0.15, -0.1) is 12.4 Å². The van der Waals surface area contributed by atoms with Gasteiger partial charge in [0.2, 0.25) is 0 Å². The van der Waals surface area contributed by atoms with Crippen LogP contribution in [0.4, 0.5) is 5.82 Å². The Labute approximate surface area is 135 Å². The molecule has 1 unspecified atom stereocenters. The van der Waals surface area contributed by atoms with Crippen LogP contribution in [0.5, 0.6) is 0 Å². The quantitative estimate of drug-likeness (QED) is 0.928. The summed E-state index contributed by atoms with van der Waals surface area (Å²) in [6.45, 7) is 10.8. The molecule has 1 saturated heterocycles. The molecule has 1 aliphatic heterocycles. The van der Waals surface area contributed by atoms with Gasteiger partial charge in [0, 0.05) is 45.5 Å². The highest BCUT2D eigenvalue weighted by Gasteiger charge is 2.33. The fraction of sp³-hybridized carbons (Fsp3) is 0.688. The summed E-state index contributed by atoms with van der Waals surface area (Å²) in [7, 11) is 2.07. The SMILES string of the molecule is CCN(C)c1ccc(CN2CCC(N)C(C)(C)C2)cn1.Cl. The van der Waals surface area contributed by atoms with Gasteiger partial charge >= 0.3 is 0 Å². The average Bonchev–Trinajstić information content (AvgIpc) is 2.42. The topological polar surface area (TPSA) is 45.4 Å². The lowest BCUT2D eigenvalue weighted by Gasteiger charge is -2.42. The molecule has 2 rings (SSSR count). The molecule has 5 heteroatoms. The molecule has 0 radical (unpaired) electrons. The predicted molar refractivity (Wildman–Crippen MR) is 92.1 cm³/mol. The smallest absolute Gasteiger partial charge is 0.128 e. The largest absolute Gasteiger partial charge is 0.360 e. The van der Waals surface area contributed by atoms with Crippen LogP contribution >= 0.6 is 12.4 Å². The average molecular weight is 313 g/mol. The van der Waals surface area contributed by atoms with Crippen molar-refractivity contribution in [1.82, 2.24) is 9.88 Å². The van der Waals surface area contributed by atoms with Gasteiger partial charge in [-0.2, -0.15) is 0 Å². The van der Waals surface area contributed by atoms with Gasteiger partial charge in [0.15, 0.2) is 0 Å². The zero-order chi connectivity index (χ0) is 14.8. The van der Waals surface area contributed by atoms with Crippen LogP contribution in [0.1, 0.15) is 32.8 Å². The lowest BCUT2D eigenvalue weighted by molar-refractivity contribution is 0.0898. The maximum Gasteiger partial charge on any atom is 0.128 e. The highest BCUT2D eigenvalue weighted by atomic mass is 35.5. The lowest BCUT2D eigenvalue weighted by Crippen LogP contribution is -2.52. The fourth-order valence-corrected chi connectivity index (χ4v) is 2.78. The van der Waals surface area contributed by atoms with E-state index in [4.69, 9.17) is 5.73 Å². The summed E-state index contributed by atoms with van der Waals surface area (Å²) in [5.41, 5.74) is 7.68. The van der Waals surface area contributed by atoms with Gasteiger partial charge in [-0.3, -0.25) is 4.90 Å². The second-order valence-corrected chi connectivity index (χ2v) is 6.63. The highest BCUT2D eigenvalue weighted by molar-refractivity contribution is 5.85. The third-order valence-electron chi connectivity index (χ3n) is 4.47. The molecule has 1 fully saturated rings. The summed E-state index contributed by atoms with van der Waals surface area (Å²) in [4.78, 5) is 9.18. The van der Waals surface area contributed by atoms with Crippen LogP contribution in [0.3, 0.4) is 0 Å². The Kier molecular flexibility index (Phi) is 6.44. The van der Waals surface area contributed by atoms with E-state index >= 15 is 0 Å². The zero-order valence-corrected chi connectivity index (χ0v) is 14.5. The summed E-state index contributed by atoms with van der Waals surface area (Å²) in [5, 5.41) is 0. The second-order valence-electron chi connectivity index (χ2n) is 6.63. The molecular formula is C16H29ClN4. The molecule has 0 saturated carbocycles. The molecule has 1 atom stereocenters. The number of rotatable bonds is 4. The fourth-order valence-electron chi connectivity index (χ4n) is 2.78. The molecular weight excluding hydrogens is 284 g/mol. The van der Waals surface area contributed by atoms with E-state index in [1.807, 2.05) is 6.20 Å². The van der Waals surface area contributed by atoms with Gasteiger partial charge < -0.3 is 10.6 Å². The first-order chi connectivity index (χ1) is 9.42. The molecule has 2 heterocycles. The number of likely N-dealkylation sites (tertiary alicyclic amines) is 1. The van der Waals surface area contributed by atoms with Gasteiger partial charge in [-0.25, -0.2) is 4.98 Å². The molecule has 4 nitrogen and oxygen atoms in total. The maximum absolute atomic E-state index is 6.19. The van der Waals surface area contributed by atoms with Crippen LogP contribution in [-0.2, 0) is 6.54 Å². The third kappa shape index (κ3) is 4.56. The summed E-state index contributed by atoms with van der Waals surface area (Å²) in [6.07, 6.45) is 3.08. The van der Waals surface area contributed by atoms with Gasteiger partial charge in [0.1, 0.15) is 5.82 Å². The maximum atomic E-state index is 6.19. The van der Waals surface area contributed by atoms with Gasteiger partial charge in [0.25, 0.3) is 0 Å². The number of aromatic nitrogens is 1. The van der Waals surface area contributed by atoms with Crippen LogP contribution in [0.25, 0.3) is 0 Å². The Morgan fingerprint density at radius 2 is 2.14 bits per heavy atom. The van der Waals surface area contributed by atoms with E-state index in [1.165, 1.54) is 5.56 Å². The minimum atomic E-state index is 0. The number of pyridine rings is 1. The monoisotopic (exact) mass is 312 g/mol. The molecule has 0 amide bonds.